The predicted molar refractivity (Wildman–Crippen MR) is 83.6 cm³/mol. The van der Waals surface area contributed by atoms with Gasteiger partial charge in [-0.2, -0.15) is 11.8 Å². The van der Waals surface area contributed by atoms with Crippen molar-refractivity contribution in [1.29, 1.82) is 0 Å². The standard InChI is InChI=1S/C12H17BrN2OS2/c1-7(2)5-8-10(13)12(16)15-11(14-8)9-6-17-3-4-18-9/h7,9H,3-6H2,1-2H3,(H,14,15,16). The van der Waals surface area contributed by atoms with Crippen molar-refractivity contribution in [1.82, 2.24) is 9.97 Å². The molecule has 1 aromatic rings. The monoisotopic (exact) mass is 348 g/mol. The van der Waals surface area contributed by atoms with Gasteiger partial charge in [-0.05, 0) is 28.3 Å². The number of aromatic nitrogens is 2. The van der Waals surface area contributed by atoms with Crippen molar-refractivity contribution in [3.05, 3.63) is 26.3 Å². The number of nitrogens with zero attached hydrogens (tertiary/aromatic N) is 1. The molecule has 1 N–H and O–H groups in total. The summed E-state index contributed by atoms with van der Waals surface area (Å²) in [6.45, 7) is 4.28. The molecule has 0 amide bonds. The number of halogens is 1. The van der Waals surface area contributed by atoms with E-state index in [0.717, 1.165) is 29.4 Å². The summed E-state index contributed by atoms with van der Waals surface area (Å²) in [5, 5.41) is 0.329. The van der Waals surface area contributed by atoms with Crippen molar-refractivity contribution in [3.8, 4) is 0 Å². The Bertz CT molecular complexity index is 470. The molecule has 1 aromatic heterocycles. The van der Waals surface area contributed by atoms with Gasteiger partial charge in [-0.25, -0.2) is 4.98 Å². The highest BCUT2D eigenvalue weighted by Crippen LogP contribution is 2.35. The Hall–Kier alpha value is 0.0600. The molecule has 1 aliphatic rings. The van der Waals surface area contributed by atoms with Gasteiger partial charge in [0.05, 0.1) is 10.9 Å². The summed E-state index contributed by atoms with van der Waals surface area (Å²) < 4.78 is 0.591. The molecule has 0 saturated carbocycles. The summed E-state index contributed by atoms with van der Waals surface area (Å²) in [5.41, 5.74) is 0.840. The van der Waals surface area contributed by atoms with Crippen LogP contribution >= 0.6 is 39.5 Å². The van der Waals surface area contributed by atoms with Gasteiger partial charge in [0.25, 0.3) is 5.56 Å². The third-order valence-electron chi connectivity index (χ3n) is 2.67. The van der Waals surface area contributed by atoms with E-state index in [1.165, 1.54) is 5.75 Å². The quantitative estimate of drug-likeness (QED) is 0.910. The van der Waals surface area contributed by atoms with E-state index >= 15 is 0 Å². The molecule has 0 spiro atoms. The molecule has 0 bridgehead atoms. The lowest BCUT2D eigenvalue weighted by Gasteiger charge is -2.20. The minimum Gasteiger partial charge on any atom is -0.309 e. The van der Waals surface area contributed by atoms with Crippen LogP contribution in [0.5, 0.6) is 0 Å². The van der Waals surface area contributed by atoms with Crippen molar-refractivity contribution >= 4 is 39.5 Å². The first-order valence-electron chi connectivity index (χ1n) is 6.06. The van der Waals surface area contributed by atoms with Gasteiger partial charge < -0.3 is 4.98 Å². The summed E-state index contributed by atoms with van der Waals surface area (Å²) >= 11 is 7.17. The highest BCUT2D eigenvalue weighted by atomic mass is 79.9. The minimum atomic E-state index is -0.0492. The molecule has 6 heteroatoms. The fourth-order valence-electron chi connectivity index (χ4n) is 1.84. The average molecular weight is 349 g/mol. The van der Waals surface area contributed by atoms with Crippen LogP contribution < -0.4 is 5.56 Å². The van der Waals surface area contributed by atoms with Gasteiger partial charge in [-0.3, -0.25) is 4.79 Å². The topological polar surface area (TPSA) is 45.8 Å². The SMILES string of the molecule is CC(C)Cc1nc(C2CSCCS2)[nH]c(=O)c1Br. The summed E-state index contributed by atoms with van der Waals surface area (Å²) in [5.74, 6) is 4.71. The van der Waals surface area contributed by atoms with E-state index in [0.29, 0.717) is 15.6 Å². The fourth-order valence-corrected chi connectivity index (χ4v) is 4.82. The highest BCUT2D eigenvalue weighted by molar-refractivity contribution is 9.10. The van der Waals surface area contributed by atoms with Crippen molar-refractivity contribution in [2.75, 3.05) is 17.3 Å². The molecule has 1 fully saturated rings. The molecular formula is C12H17BrN2OS2. The van der Waals surface area contributed by atoms with Crippen molar-refractivity contribution in [2.45, 2.75) is 25.5 Å². The first-order valence-corrected chi connectivity index (χ1v) is 9.05. The zero-order valence-electron chi connectivity index (χ0n) is 10.5. The Morgan fingerprint density at radius 3 is 2.89 bits per heavy atom. The predicted octanol–water partition coefficient (Wildman–Crippen LogP) is 3.25. The second kappa shape index (κ2) is 6.48. The number of nitrogens with one attached hydrogen (secondary N) is 1. The fraction of sp³-hybridized carbons (Fsp3) is 0.667. The maximum atomic E-state index is 11.9. The van der Waals surface area contributed by atoms with E-state index in [9.17, 15) is 4.79 Å². The Kier molecular flexibility index (Phi) is 5.21. The molecule has 100 valence electrons. The molecule has 3 nitrogen and oxygen atoms in total. The molecule has 2 rings (SSSR count). The average Bonchev–Trinajstić information content (AvgIpc) is 2.35. The lowest BCUT2D eigenvalue weighted by atomic mass is 10.1. The summed E-state index contributed by atoms with van der Waals surface area (Å²) in [6.07, 6.45) is 0.835. The van der Waals surface area contributed by atoms with Gasteiger partial charge in [0.2, 0.25) is 0 Å². The van der Waals surface area contributed by atoms with Gasteiger partial charge in [0, 0.05) is 17.3 Å². The number of hydrogen-bond acceptors (Lipinski definition) is 4. The van der Waals surface area contributed by atoms with Crippen LogP contribution in [-0.4, -0.2) is 27.2 Å². The van der Waals surface area contributed by atoms with E-state index in [2.05, 4.69) is 39.7 Å². The number of thioether (sulfide) groups is 2. The third kappa shape index (κ3) is 3.54. The van der Waals surface area contributed by atoms with E-state index in [4.69, 9.17) is 0 Å². The minimum absolute atomic E-state index is 0.0492. The molecule has 18 heavy (non-hydrogen) atoms. The Morgan fingerprint density at radius 1 is 1.50 bits per heavy atom. The first kappa shape index (κ1) is 14.5. The van der Waals surface area contributed by atoms with Gasteiger partial charge in [-0.15, -0.1) is 11.8 Å². The summed E-state index contributed by atoms with van der Waals surface area (Å²) in [4.78, 5) is 19.5. The lowest BCUT2D eigenvalue weighted by Crippen LogP contribution is -2.20. The second-order valence-electron chi connectivity index (χ2n) is 4.74. The van der Waals surface area contributed by atoms with Crippen LogP contribution in [0.4, 0.5) is 0 Å². The molecule has 1 aliphatic heterocycles. The molecule has 1 unspecified atom stereocenters. The van der Waals surface area contributed by atoms with Crippen LogP contribution in [-0.2, 0) is 6.42 Å². The molecule has 0 radical (unpaired) electrons. The number of rotatable bonds is 3. The van der Waals surface area contributed by atoms with Crippen LogP contribution in [0.3, 0.4) is 0 Å². The van der Waals surface area contributed by atoms with Crippen LogP contribution in [0.1, 0.15) is 30.6 Å². The number of hydrogen-bond donors (Lipinski definition) is 1. The van der Waals surface area contributed by atoms with E-state index in [1.807, 2.05) is 23.5 Å². The van der Waals surface area contributed by atoms with Gasteiger partial charge in [0.1, 0.15) is 10.3 Å². The van der Waals surface area contributed by atoms with Gasteiger partial charge >= 0.3 is 0 Å². The van der Waals surface area contributed by atoms with E-state index < -0.39 is 0 Å². The van der Waals surface area contributed by atoms with Crippen molar-refractivity contribution in [3.63, 3.8) is 0 Å². The Labute approximate surface area is 124 Å². The second-order valence-corrected chi connectivity index (χ2v) is 8.00. The third-order valence-corrected chi connectivity index (χ3v) is 6.25. The van der Waals surface area contributed by atoms with Gasteiger partial charge in [0.15, 0.2) is 0 Å². The van der Waals surface area contributed by atoms with Crippen LogP contribution in [0.2, 0.25) is 0 Å². The Balaban J connectivity index is 2.30. The molecule has 0 aliphatic carbocycles. The zero-order chi connectivity index (χ0) is 13.1. The molecule has 1 saturated heterocycles. The molecule has 2 heterocycles. The maximum Gasteiger partial charge on any atom is 0.265 e. The zero-order valence-corrected chi connectivity index (χ0v) is 13.8. The van der Waals surface area contributed by atoms with Crippen molar-refractivity contribution in [2.24, 2.45) is 5.92 Å². The highest BCUT2D eigenvalue weighted by Gasteiger charge is 2.21. The molecule has 0 aromatic carbocycles. The smallest absolute Gasteiger partial charge is 0.265 e. The van der Waals surface area contributed by atoms with Crippen LogP contribution in [0.15, 0.2) is 9.27 Å². The maximum absolute atomic E-state index is 11.9. The molecular weight excluding hydrogens is 332 g/mol. The Morgan fingerprint density at radius 2 is 2.28 bits per heavy atom. The normalized spacial score (nSPS) is 20.3. The van der Waals surface area contributed by atoms with Crippen LogP contribution in [0.25, 0.3) is 0 Å². The van der Waals surface area contributed by atoms with E-state index in [1.54, 1.807) is 0 Å². The summed E-state index contributed by atoms with van der Waals surface area (Å²) in [6, 6.07) is 0. The largest absolute Gasteiger partial charge is 0.309 e. The molecule has 1 atom stereocenters. The lowest BCUT2D eigenvalue weighted by molar-refractivity contribution is 0.626. The van der Waals surface area contributed by atoms with Crippen molar-refractivity contribution < 1.29 is 0 Å². The first-order chi connectivity index (χ1) is 8.58. The van der Waals surface area contributed by atoms with E-state index in [-0.39, 0.29) is 5.56 Å². The number of H-pyrrole nitrogens is 1. The van der Waals surface area contributed by atoms with Crippen LogP contribution in [0, 0.1) is 5.92 Å². The van der Waals surface area contributed by atoms with Gasteiger partial charge in [-0.1, -0.05) is 13.8 Å². The number of aromatic amines is 1. The summed E-state index contributed by atoms with van der Waals surface area (Å²) in [7, 11) is 0.